The number of hydrogen-bond donors (Lipinski definition) is 6. The van der Waals surface area contributed by atoms with Crippen LogP contribution in [-0.2, 0) is 9.59 Å². The minimum Gasteiger partial charge on any atom is -0.356 e. The van der Waals surface area contributed by atoms with Gasteiger partial charge in [0.1, 0.15) is 0 Å². The molecule has 1 rings (SSSR count). The smallest absolute Gasteiger partial charge is 0.236 e. The van der Waals surface area contributed by atoms with Gasteiger partial charge in [-0.25, -0.2) is 0 Å². The molecule has 8 heteroatoms. The maximum absolute atomic E-state index is 12.1. The Morgan fingerprint density at radius 3 is 2.00 bits per heavy atom. The molecule has 1 saturated carbocycles. The zero-order valence-electron chi connectivity index (χ0n) is 19.6. The fourth-order valence-corrected chi connectivity index (χ4v) is 3.87. The van der Waals surface area contributed by atoms with Crippen LogP contribution in [0.5, 0.6) is 0 Å². The fourth-order valence-electron chi connectivity index (χ4n) is 3.87. The second kappa shape index (κ2) is 19.5. The van der Waals surface area contributed by atoms with Gasteiger partial charge < -0.3 is 32.7 Å². The zero-order chi connectivity index (χ0) is 22.6. The van der Waals surface area contributed by atoms with Crippen LogP contribution in [-0.4, -0.2) is 63.7 Å². The van der Waals surface area contributed by atoms with Gasteiger partial charge >= 0.3 is 0 Å². The fraction of sp³-hybridized carbons (Fsp3) is 0.913. The third-order valence-electron chi connectivity index (χ3n) is 5.90. The van der Waals surface area contributed by atoms with Crippen molar-refractivity contribution in [2.45, 2.75) is 83.1 Å². The van der Waals surface area contributed by atoms with E-state index in [9.17, 15) is 9.59 Å². The largest absolute Gasteiger partial charge is 0.356 e. The molecule has 1 fully saturated rings. The average molecular weight is 441 g/mol. The van der Waals surface area contributed by atoms with Crippen molar-refractivity contribution >= 4 is 11.8 Å². The van der Waals surface area contributed by atoms with E-state index in [1.807, 2.05) is 0 Å². The van der Waals surface area contributed by atoms with Crippen molar-refractivity contribution < 1.29 is 9.59 Å². The highest BCUT2D eigenvalue weighted by Crippen LogP contribution is 2.23. The maximum atomic E-state index is 12.1. The topological polar surface area (TPSA) is 134 Å². The monoisotopic (exact) mass is 440 g/mol. The summed E-state index contributed by atoms with van der Waals surface area (Å²) in [6, 6.07) is -0.464. The van der Waals surface area contributed by atoms with Gasteiger partial charge in [0, 0.05) is 19.0 Å². The summed E-state index contributed by atoms with van der Waals surface area (Å²) in [7, 11) is 0. The summed E-state index contributed by atoms with van der Waals surface area (Å²) in [4.78, 5) is 24.1. The van der Waals surface area contributed by atoms with Crippen LogP contribution < -0.4 is 32.7 Å². The van der Waals surface area contributed by atoms with Gasteiger partial charge in [-0.1, -0.05) is 19.3 Å². The van der Waals surface area contributed by atoms with E-state index in [-0.39, 0.29) is 17.7 Å². The Bertz CT molecular complexity index is 457. The summed E-state index contributed by atoms with van der Waals surface area (Å²) in [5.41, 5.74) is 11.4. The summed E-state index contributed by atoms with van der Waals surface area (Å²) in [5.74, 6) is 0.337. The summed E-state index contributed by atoms with van der Waals surface area (Å²) in [6.07, 6.45) is 12.3. The van der Waals surface area contributed by atoms with Crippen molar-refractivity contribution in [3.63, 3.8) is 0 Å². The Labute approximate surface area is 189 Å². The molecule has 1 atom stereocenters. The molecule has 0 aromatic rings. The first-order valence-electron chi connectivity index (χ1n) is 12.6. The Morgan fingerprint density at radius 2 is 1.32 bits per heavy atom. The normalized spacial score (nSPS) is 15.5. The van der Waals surface area contributed by atoms with E-state index < -0.39 is 6.04 Å². The molecule has 2 amide bonds. The number of unbranched alkanes of at least 4 members (excludes halogenated alkanes) is 2. The third-order valence-corrected chi connectivity index (χ3v) is 5.90. The highest BCUT2D eigenvalue weighted by Gasteiger charge is 2.20. The van der Waals surface area contributed by atoms with E-state index in [1.54, 1.807) is 0 Å². The van der Waals surface area contributed by atoms with E-state index in [0.29, 0.717) is 19.5 Å². The third kappa shape index (κ3) is 15.3. The van der Waals surface area contributed by atoms with E-state index in [4.69, 9.17) is 11.5 Å². The second-order valence-corrected chi connectivity index (χ2v) is 8.72. The molecule has 31 heavy (non-hydrogen) atoms. The summed E-state index contributed by atoms with van der Waals surface area (Å²) in [5, 5.41) is 12.7. The van der Waals surface area contributed by atoms with Gasteiger partial charge in [-0.3, -0.25) is 9.59 Å². The van der Waals surface area contributed by atoms with Gasteiger partial charge in [-0.05, 0) is 90.5 Å². The van der Waals surface area contributed by atoms with Crippen molar-refractivity contribution in [1.82, 2.24) is 21.3 Å². The molecular weight excluding hydrogens is 392 g/mol. The predicted molar refractivity (Wildman–Crippen MR) is 128 cm³/mol. The van der Waals surface area contributed by atoms with Crippen LogP contribution in [0.25, 0.3) is 0 Å². The first-order valence-corrected chi connectivity index (χ1v) is 12.6. The molecule has 0 aromatic carbocycles. The molecule has 8 N–H and O–H groups in total. The van der Waals surface area contributed by atoms with E-state index in [0.717, 1.165) is 84.1 Å². The molecule has 0 aliphatic heterocycles. The van der Waals surface area contributed by atoms with Crippen molar-refractivity contribution in [2.75, 3.05) is 45.8 Å². The summed E-state index contributed by atoms with van der Waals surface area (Å²) < 4.78 is 0. The van der Waals surface area contributed by atoms with E-state index >= 15 is 0 Å². The molecule has 0 bridgehead atoms. The lowest BCUT2D eigenvalue weighted by Gasteiger charge is -2.20. The van der Waals surface area contributed by atoms with Gasteiger partial charge in [0.05, 0.1) is 6.04 Å². The summed E-state index contributed by atoms with van der Waals surface area (Å²) in [6.45, 7) is 6.03. The van der Waals surface area contributed by atoms with Gasteiger partial charge in [0.2, 0.25) is 11.8 Å². The Balaban J connectivity index is 1.87. The lowest BCUT2D eigenvalue weighted by atomic mass is 9.88. The number of nitrogens with one attached hydrogen (secondary N) is 4. The Morgan fingerprint density at radius 1 is 0.742 bits per heavy atom. The highest BCUT2D eigenvalue weighted by atomic mass is 16.2. The molecule has 1 aliphatic carbocycles. The lowest BCUT2D eigenvalue weighted by Crippen LogP contribution is -2.41. The first-order chi connectivity index (χ1) is 15.1. The predicted octanol–water partition coefficient (Wildman–Crippen LogP) is 0.995. The van der Waals surface area contributed by atoms with Crippen LogP contribution in [0.4, 0.5) is 0 Å². The van der Waals surface area contributed by atoms with Crippen molar-refractivity contribution in [3.05, 3.63) is 0 Å². The van der Waals surface area contributed by atoms with Crippen LogP contribution >= 0.6 is 0 Å². The number of amides is 2. The maximum Gasteiger partial charge on any atom is 0.236 e. The van der Waals surface area contributed by atoms with Crippen LogP contribution in [0, 0.1) is 5.92 Å². The molecule has 0 aromatic heterocycles. The molecule has 182 valence electrons. The minimum atomic E-state index is -0.464. The molecule has 8 nitrogen and oxygen atoms in total. The zero-order valence-corrected chi connectivity index (χ0v) is 19.6. The van der Waals surface area contributed by atoms with Crippen LogP contribution in [0.2, 0.25) is 0 Å². The number of hydrogen-bond acceptors (Lipinski definition) is 6. The number of carbonyl (C=O) groups excluding carboxylic acids is 2. The number of carbonyl (C=O) groups is 2. The van der Waals surface area contributed by atoms with Crippen LogP contribution in [0.15, 0.2) is 0 Å². The van der Waals surface area contributed by atoms with E-state index in [1.165, 1.54) is 19.3 Å². The number of rotatable bonds is 19. The van der Waals surface area contributed by atoms with Gasteiger partial charge in [0.25, 0.3) is 0 Å². The molecule has 0 saturated heterocycles. The van der Waals surface area contributed by atoms with Crippen molar-refractivity contribution in [2.24, 2.45) is 17.4 Å². The van der Waals surface area contributed by atoms with Crippen LogP contribution in [0.1, 0.15) is 77.0 Å². The minimum absolute atomic E-state index is 0.0743. The Hall–Kier alpha value is -1.22. The average Bonchev–Trinajstić information content (AvgIpc) is 2.79. The van der Waals surface area contributed by atoms with Gasteiger partial charge in [-0.2, -0.15) is 0 Å². The standard InChI is InChI=1S/C23H48N6O2/c24-13-8-16-26-14-6-7-15-27-17-9-19-29-23(31)21(25)12-4-5-18-28-22(30)20-10-2-1-3-11-20/h20-21,26-27H,1-19,24-25H2,(H,28,30)(H,29,31)/t21-/m0/s1. The molecule has 0 spiro atoms. The molecule has 0 radical (unpaired) electrons. The molecule has 1 aliphatic rings. The molecule has 0 heterocycles. The van der Waals surface area contributed by atoms with Gasteiger partial charge in [0.15, 0.2) is 0 Å². The number of nitrogens with two attached hydrogens (primary N) is 2. The van der Waals surface area contributed by atoms with Gasteiger partial charge in [-0.15, -0.1) is 0 Å². The molecular formula is C23H48N6O2. The Kier molecular flexibility index (Phi) is 17.5. The highest BCUT2D eigenvalue weighted by molar-refractivity contribution is 5.81. The SMILES string of the molecule is NCCCNCCCCNCCCNC(=O)[C@@H](N)CCCCNC(=O)C1CCCCC1. The molecule has 0 unspecified atom stereocenters. The van der Waals surface area contributed by atoms with Crippen LogP contribution in [0.3, 0.4) is 0 Å². The van der Waals surface area contributed by atoms with E-state index in [2.05, 4.69) is 21.3 Å². The first kappa shape index (κ1) is 27.8. The quantitative estimate of drug-likeness (QED) is 0.166. The second-order valence-electron chi connectivity index (χ2n) is 8.72. The summed E-state index contributed by atoms with van der Waals surface area (Å²) >= 11 is 0. The lowest BCUT2D eigenvalue weighted by molar-refractivity contribution is -0.126. The van der Waals surface area contributed by atoms with Crippen molar-refractivity contribution in [1.29, 1.82) is 0 Å². The van der Waals surface area contributed by atoms with Crippen molar-refractivity contribution in [3.8, 4) is 0 Å².